The van der Waals surface area contributed by atoms with E-state index in [1.165, 1.54) is 25.9 Å². The maximum Gasteiger partial charge on any atom is 0.235 e. The predicted octanol–water partition coefficient (Wildman–Crippen LogP) is 6.29. The summed E-state index contributed by atoms with van der Waals surface area (Å²) in [7, 11) is 0. The highest BCUT2D eigenvalue weighted by Gasteiger charge is 2.42. The lowest BCUT2D eigenvalue weighted by atomic mass is 9.78. The summed E-state index contributed by atoms with van der Waals surface area (Å²) >= 11 is 6.06. The Kier molecular flexibility index (Phi) is 7.75. The summed E-state index contributed by atoms with van der Waals surface area (Å²) in [6.45, 7) is 6.59. The molecule has 0 spiro atoms. The first-order valence-corrected chi connectivity index (χ1v) is 12.5. The summed E-state index contributed by atoms with van der Waals surface area (Å²) in [5.74, 6) is 1.74. The third kappa shape index (κ3) is 5.65. The average Bonchev–Trinajstić information content (AvgIpc) is 3.30. The summed E-state index contributed by atoms with van der Waals surface area (Å²) in [5, 5.41) is 3.84. The molecule has 0 radical (unpaired) electrons. The van der Waals surface area contributed by atoms with Gasteiger partial charge in [-0.25, -0.2) is 0 Å². The van der Waals surface area contributed by atoms with E-state index in [4.69, 9.17) is 16.3 Å². The lowest BCUT2D eigenvalue weighted by Gasteiger charge is -2.30. The van der Waals surface area contributed by atoms with Crippen LogP contribution in [0.3, 0.4) is 0 Å². The van der Waals surface area contributed by atoms with E-state index in [2.05, 4.69) is 17.1 Å². The van der Waals surface area contributed by atoms with Gasteiger partial charge in [-0.2, -0.15) is 0 Å². The molecule has 172 valence electrons. The molecule has 4 nitrogen and oxygen atoms in total. The second-order valence-corrected chi connectivity index (χ2v) is 9.96. The molecule has 1 saturated carbocycles. The number of nitrogens with zero attached hydrogens (tertiary/aromatic N) is 1. The van der Waals surface area contributed by atoms with Crippen LogP contribution in [0.4, 0.5) is 5.69 Å². The van der Waals surface area contributed by atoms with Gasteiger partial charge in [-0.15, -0.1) is 0 Å². The van der Waals surface area contributed by atoms with Crippen molar-refractivity contribution in [2.45, 2.75) is 57.3 Å². The Labute approximate surface area is 197 Å². The van der Waals surface area contributed by atoms with Gasteiger partial charge in [0.25, 0.3) is 0 Å². The zero-order valence-electron chi connectivity index (χ0n) is 19.1. The number of nitrogens with one attached hydrogen (secondary N) is 1. The highest BCUT2D eigenvalue weighted by molar-refractivity contribution is 6.30. The van der Waals surface area contributed by atoms with Crippen molar-refractivity contribution in [2.24, 2.45) is 5.92 Å². The van der Waals surface area contributed by atoms with Gasteiger partial charge in [-0.3, -0.25) is 4.79 Å². The smallest absolute Gasteiger partial charge is 0.235 e. The van der Waals surface area contributed by atoms with Crippen molar-refractivity contribution in [3.05, 3.63) is 59.1 Å². The van der Waals surface area contributed by atoms with Crippen molar-refractivity contribution in [3.8, 4) is 5.75 Å². The van der Waals surface area contributed by atoms with Gasteiger partial charge in [0, 0.05) is 23.8 Å². The standard InChI is InChI=1S/C27H35ClN2O2/c1-21-6-4-17-30(20-21)18-5-19-32-25-13-11-24(12-14-25)29-26(31)27(15-2-3-16-27)22-7-9-23(28)10-8-22/h7-14,21H,2-6,15-20H2,1H3,(H,29,31). The van der Waals surface area contributed by atoms with Gasteiger partial charge in [0.05, 0.1) is 12.0 Å². The molecule has 1 amide bonds. The molecule has 1 N–H and O–H groups in total. The topological polar surface area (TPSA) is 41.6 Å². The minimum Gasteiger partial charge on any atom is -0.494 e. The van der Waals surface area contributed by atoms with Crippen LogP contribution in [0.5, 0.6) is 5.75 Å². The Morgan fingerprint density at radius 3 is 2.50 bits per heavy atom. The van der Waals surface area contributed by atoms with Gasteiger partial charge in [-0.05, 0) is 86.5 Å². The summed E-state index contributed by atoms with van der Waals surface area (Å²) in [6, 6.07) is 15.5. The first-order valence-electron chi connectivity index (χ1n) is 12.1. The van der Waals surface area contributed by atoms with Gasteiger partial charge >= 0.3 is 0 Å². The van der Waals surface area contributed by atoms with Gasteiger partial charge in [0.15, 0.2) is 0 Å². The number of hydrogen-bond acceptors (Lipinski definition) is 3. The second-order valence-electron chi connectivity index (χ2n) is 9.52. The van der Waals surface area contributed by atoms with Crippen LogP contribution < -0.4 is 10.1 Å². The number of benzene rings is 2. The lowest BCUT2D eigenvalue weighted by Crippen LogP contribution is -2.37. The Hall–Kier alpha value is -2.04. The Balaban J connectivity index is 1.29. The molecule has 0 aromatic heterocycles. The first-order chi connectivity index (χ1) is 15.5. The van der Waals surface area contributed by atoms with Crippen LogP contribution in [0.2, 0.25) is 5.02 Å². The number of carbonyl (C=O) groups excluding carboxylic acids is 1. The molecule has 2 aromatic carbocycles. The Morgan fingerprint density at radius 2 is 1.81 bits per heavy atom. The monoisotopic (exact) mass is 454 g/mol. The number of anilines is 1. The summed E-state index contributed by atoms with van der Waals surface area (Å²) in [6.07, 6.45) is 7.59. The summed E-state index contributed by atoms with van der Waals surface area (Å²) < 4.78 is 5.93. The summed E-state index contributed by atoms with van der Waals surface area (Å²) in [4.78, 5) is 15.9. The maximum absolute atomic E-state index is 13.3. The number of amides is 1. The van der Waals surface area contributed by atoms with Crippen LogP contribution in [-0.4, -0.2) is 37.0 Å². The molecule has 32 heavy (non-hydrogen) atoms. The second kappa shape index (κ2) is 10.7. The normalized spacial score (nSPS) is 20.8. The van der Waals surface area contributed by atoms with Gasteiger partial charge < -0.3 is 15.0 Å². The van der Waals surface area contributed by atoms with Crippen LogP contribution in [0, 0.1) is 5.92 Å². The van der Waals surface area contributed by atoms with Crippen LogP contribution in [0.1, 0.15) is 57.4 Å². The fraction of sp³-hybridized carbons (Fsp3) is 0.519. The molecule has 1 aliphatic heterocycles. The van der Waals surface area contributed by atoms with E-state index >= 15 is 0 Å². The highest BCUT2D eigenvalue weighted by atomic mass is 35.5. The number of carbonyl (C=O) groups is 1. The van der Waals surface area contributed by atoms with E-state index in [0.717, 1.165) is 68.2 Å². The first kappa shape index (κ1) is 23.1. The SMILES string of the molecule is CC1CCCN(CCCOc2ccc(NC(=O)C3(c4ccc(Cl)cc4)CCCC3)cc2)C1. The maximum atomic E-state index is 13.3. The van der Waals surface area contributed by atoms with Crippen molar-refractivity contribution >= 4 is 23.2 Å². The number of likely N-dealkylation sites (tertiary alicyclic amines) is 1. The Morgan fingerprint density at radius 1 is 1.09 bits per heavy atom. The molecule has 1 heterocycles. The molecule has 1 atom stereocenters. The number of rotatable bonds is 8. The van der Waals surface area contributed by atoms with Crippen LogP contribution in [0.15, 0.2) is 48.5 Å². The van der Waals surface area contributed by atoms with E-state index in [9.17, 15) is 4.79 Å². The largest absolute Gasteiger partial charge is 0.494 e. The van der Waals surface area contributed by atoms with Crippen molar-refractivity contribution in [1.29, 1.82) is 0 Å². The quantitative estimate of drug-likeness (QED) is 0.476. The van der Waals surface area contributed by atoms with E-state index in [1.807, 2.05) is 48.5 Å². The Bertz CT molecular complexity index is 876. The van der Waals surface area contributed by atoms with Crippen molar-refractivity contribution in [3.63, 3.8) is 0 Å². The fourth-order valence-electron chi connectivity index (χ4n) is 5.25. The van der Waals surface area contributed by atoms with Gasteiger partial charge in [0.1, 0.15) is 5.75 Å². The zero-order chi connectivity index (χ0) is 22.4. The number of hydrogen-bond donors (Lipinski definition) is 1. The minimum absolute atomic E-state index is 0.0711. The van der Waals surface area contributed by atoms with E-state index < -0.39 is 5.41 Å². The predicted molar refractivity (Wildman–Crippen MR) is 132 cm³/mol. The molecule has 2 fully saturated rings. The van der Waals surface area contributed by atoms with Crippen molar-refractivity contribution in [2.75, 3.05) is 31.6 Å². The van der Waals surface area contributed by atoms with E-state index in [0.29, 0.717) is 5.02 Å². The van der Waals surface area contributed by atoms with Gasteiger partial charge in [-0.1, -0.05) is 43.5 Å². The molecule has 0 bridgehead atoms. The molecule has 5 heteroatoms. The summed E-state index contributed by atoms with van der Waals surface area (Å²) in [5.41, 5.74) is 1.40. The number of halogens is 1. The zero-order valence-corrected chi connectivity index (χ0v) is 19.9. The van der Waals surface area contributed by atoms with Crippen molar-refractivity contribution < 1.29 is 9.53 Å². The minimum atomic E-state index is -0.467. The fourth-order valence-corrected chi connectivity index (χ4v) is 5.37. The molecule has 1 aliphatic carbocycles. The molecule has 1 unspecified atom stereocenters. The third-order valence-electron chi connectivity index (χ3n) is 7.03. The van der Waals surface area contributed by atoms with Crippen LogP contribution in [0.25, 0.3) is 0 Å². The third-order valence-corrected chi connectivity index (χ3v) is 7.28. The van der Waals surface area contributed by atoms with E-state index in [-0.39, 0.29) is 5.91 Å². The molecular weight excluding hydrogens is 420 g/mol. The van der Waals surface area contributed by atoms with E-state index in [1.54, 1.807) is 0 Å². The molecular formula is C27H35ClN2O2. The molecule has 4 rings (SSSR count). The van der Waals surface area contributed by atoms with Crippen molar-refractivity contribution in [1.82, 2.24) is 4.90 Å². The number of ether oxygens (including phenoxy) is 1. The molecule has 2 aliphatic rings. The lowest BCUT2D eigenvalue weighted by molar-refractivity contribution is -0.121. The van der Waals surface area contributed by atoms with Gasteiger partial charge in [0.2, 0.25) is 5.91 Å². The molecule has 1 saturated heterocycles. The average molecular weight is 455 g/mol. The van der Waals surface area contributed by atoms with Crippen LogP contribution >= 0.6 is 11.6 Å². The van der Waals surface area contributed by atoms with Crippen LogP contribution in [-0.2, 0) is 10.2 Å². The molecule has 2 aromatic rings. The highest BCUT2D eigenvalue weighted by Crippen LogP contribution is 2.42. The number of piperidine rings is 1.